The summed E-state index contributed by atoms with van der Waals surface area (Å²) in [7, 11) is 0. The van der Waals surface area contributed by atoms with Gasteiger partial charge in [-0.3, -0.25) is 0 Å². The van der Waals surface area contributed by atoms with Crippen molar-refractivity contribution in [1.82, 2.24) is 0 Å². The molecule has 0 spiro atoms. The zero-order valence-electron chi connectivity index (χ0n) is 16.1. The Labute approximate surface area is 203 Å². The maximum atomic E-state index is 8.33. The van der Waals surface area contributed by atoms with Crippen molar-refractivity contribution < 1.29 is 70.9 Å². The van der Waals surface area contributed by atoms with Crippen LogP contribution in [0.3, 0.4) is 0 Å². The summed E-state index contributed by atoms with van der Waals surface area (Å²) in [5, 5.41) is 16.7. The Hall–Kier alpha value is 1.60. The minimum Gasteiger partial charge on any atom is -0.652 e. The van der Waals surface area contributed by atoms with Crippen molar-refractivity contribution >= 4 is 30.1 Å². The molecule has 0 aromatic carbocycles. The second-order valence-corrected chi connectivity index (χ2v) is 5.90. The maximum absolute atomic E-state index is 8.33. The molecule has 0 rings (SSSR count). The normalized spacial score (nSPS) is 9.91. The molecular formula is C17H37IKNO3. The standard InChI is InChI=1S/C16H36N.CH2O3.HI.K/c1-5-9-13-17(14-10-6-2,15-11-7-3)16-12-8-4;2-1(3)4;;/h5-16H2,1-4H3;(H2,2,3,4);1H;/q+1;;;+1/p-2. The number of unbranched alkanes of at least 4 members (excludes halogenated alkanes) is 4. The molecule has 0 aliphatic carbocycles. The molecule has 0 aliphatic heterocycles. The summed E-state index contributed by atoms with van der Waals surface area (Å²) in [6.07, 6.45) is 8.73. The summed E-state index contributed by atoms with van der Waals surface area (Å²) in [5.41, 5.74) is 0. The largest absolute Gasteiger partial charge is 1.00 e. The second kappa shape index (κ2) is 23.6. The Bertz CT molecular complexity index is 202. The van der Waals surface area contributed by atoms with Gasteiger partial charge in [-0.25, -0.2) is 0 Å². The van der Waals surface area contributed by atoms with Gasteiger partial charge in [0, 0.05) is 0 Å². The average Bonchev–Trinajstić information content (AvgIpc) is 2.45. The molecule has 0 atom stereocenters. The minimum absolute atomic E-state index is 0. The second-order valence-electron chi connectivity index (χ2n) is 5.90. The fourth-order valence-electron chi connectivity index (χ4n) is 2.64. The smallest absolute Gasteiger partial charge is 0.652 e. The topological polar surface area (TPSA) is 63.2 Å². The van der Waals surface area contributed by atoms with Crippen molar-refractivity contribution in [3.8, 4) is 0 Å². The molecule has 0 amide bonds. The van der Waals surface area contributed by atoms with Gasteiger partial charge in [0.1, 0.15) is 0 Å². The summed E-state index contributed by atoms with van der Waals surface area (Å²) in [4.78, 5) is 8.33. The molecule has 6 heteroatoms. The monoisotopic (exact) mass is 469 g/mol. The Morgan fingerprint density at radius 2 is 0.870 bits per heavy atom. The molecule has 0 saturated heterocycles. The van der Waals surface area contributed by atoms with Crippen LogP contribution in [0.25, 0.3) is 0 Å². The van der Waals surface area contributed by atoms with E-state index in [0.717, 1.165) is 0 Å². The molecular weight excluding hydrogens is 432 g/mol. The van der Waals surface area contributed by atoms with Crippen molar-refractivity contribution in [3.63, 3.8) is 0 Å². The van der Waals surface area contributed by atoms with E-state index >= 15 is 0 Å². The van der Waals surface area contributed by atoms with Crippen molar-refractivity contribution in [3.05, 3.63) is 0 Å². The first-order valence-electron chi connectivity index (χ1n) is 8.71. The first-order valence-corrected chi connectivity index (χ1v) is 8.71. The molecule has 0 bridgehead atoms. The van der Waals surface area contributed by atoms with Crippen LogP contribution in [0, 0.1) is 0 Å². The maximum Gasteiger partial charge on any atom is 1.00 e. The molecule has 0 radical (unpaired) electrons. The summed E-state index contributed by atoms with van der Waals surface area (Å²) >= 11 is 0. The van der Waals surface area contributed by atoms with Crippen molar-refractivity contribution in [2.24, 2.45) is 0 Å². The third-order valence-corrected chi connectivity index (χ3v) is 3.94. The van der Waals surface area contributed by atoms with E-state index in [0.29, 0.717) is 0 Å². The van der Waals surface area contributed by atoms with E-state index in [2.05, 4.69) is 27.7 Å². The van der Waals surface area contributed by atoms with Gasteiger partial charge in [0.15, 0.2) is 0 Å². The molecule has 0 aromatic heterocycles. The predicted octanol–water partition coefficient (Wildman–Crippen LogP) is 0.179. The van der Waals surface area contributed by atoms with Gasteiger partial charge in [-0.1, -0.05) is 53.4 Å². The van der Waals surface area contributed by atoms with Gasteiger partial charge in [0.05, 0.1) is 26.2 Å². The van der Waals surface area contributed by atoms with Gasteiger partial charge in [0.2, 0.25) is 0 Å². The van der Waals surface area contributed by atoms with Gasteiger partial charge in [-0.15, -0.1) is 24.0 Å². The number of carboxylic acid groups (broad SMARTS) is 2. The van der Waals surface area contributed by atoms with E-state index in [-0.39, 0.29) is 75.4 Å². The zero-order valence-corrected chi connectivity index (χ0v) is 21.5. The van der Waals surface area contributed by atoms with Crippen LogP contribution >= 0.6 is 24.0 Å². The van der Waals surface area contributed by atoms with E-state index < -0.39 is 6.16 Å². The summed E-state index contributed by atoms with van der Waals surface area (Å²) < 4.78 is 1.42. The van der Waals surface area contributed by atoms with Crippen LogP contribution in [0.5, 0.6) is 0 Å². The van der Waals surface area contributed by atoms with Gasteiger partial charge in [-0.05, 0) is 31.8 Å². The molecule has 136 valence electrons. The molecule has 23 heavy (non-hydrogen) atoms. The number of hydrogen-bond acceptors (Lipinski definition) is 3. The zero-order chi connectivity index (χ0) is 16.6. The first kappa shape index (κ1) is 32.3. The third kappa shape index (κ3) is 23.6. The molecule has 4 nitrogen and oxygen atoms in total. The van der Waals surface area contributed by atoms with E-state index in [1.165, 1.54) is 82.0 Å². The predicted molar refractivity (Wildman–Crippen MR) is 100 cm³/mol. The van der Waals surface area contributed by atoms with Crippen LogP contribution in [-0.4, -0.2) is 36.8 Å². The molecule has 0 aliphatic rings. The summed E-state index contributed by atoms with van der Waals surface area (Å²) in [5.74, 6) is 0. The number of quaternary nitrogens is 1. The molecule has 0 aromatic rings. The van der Waals surface area contributed by atoms with Gasteiger partial charge in [0.25, 0.3) is 0 Å². The van der Waals surface area contributed by atoms with Crippen LogP contribution in [0.4, 0.5) is 4.79 Å². The van der Waals surface area contributed by atoms with Crippen LogP contribution in [0.2, 0.25) is 0 Å². The first-order chi connectivity index (χ1) is 9.97. The Morgan fingerprint density at radius 3 is 1.00 bits per heavy atom. The number of rotatable bonds is 12. The number of carbonyl (C=O) groups is 1. The van der Waals surface area contributed by atoms with E-state index in [4.69, 9.17) is 15.0 Å². The third-order valence-electron chi connectivity index (χ3n) is 3.94. The van der Waals surface area contributed by atoms with Crippen molar-refractivity contribution in [2.45, 2.75) is 79.1 Å². The molecule has 0 heterocycles. The quantitative estimate of drug-likeness (QED) is 0.233. The van der Waals surface area contributed by atoms with Crippen molar-refractivity contribution in [2.75, 3.05) is 26.2 Å². The Morgan fingerprint density at radius 1 is 0.696 bits per heavy atom. The molecule has 0 fully saturated rings. The summed E-state index contributed by atoms with van der Waals surface area (Å²) in [6, 6.07) is 0. The van der Waals surface area contributed by atoms with Crippen LogP contribution in [0.1, 0.15) is 79.1 Å². The number of nitrogens with zero attached hydrogens (tertiary/aromatic N) is 1. The van der Waals surface area contributed by atoms with Gasteiger partial charge in [-0.2, -0.15) is 0 Å². The number of carbonyl (C=O) groups excluding carboxylic acids is 1. The minimum atomic E-state index is -2.33. The number of halogens is 1. The summed E-state index contributed by atoms with van der Waals surface area (Å²) in [6.45, 7) is 15.0. The Balaban J connectivity index is -0.000000268. The van der Waals surface area contributed by atoms with Gasteiger partial charge >= 0.3 is 51.4 Å². The SMILES string of the molecule is CCCC[N+](CCCC)(CCCC)CCCC.I.O=C([O-])[O-].[K+]. The fraction of sp³-hybridized carbons (Fsp3) is 0.941. The van der Waals surface area contributed by atoms with E-state index in [1.807, 2.05) is 0 Å². The van der Waals surface area contributed by atoms with Crippen LogP contribution in [0.15, 0.2) is 0 Å². The molecule has 0 saturated carbocycles. The fourth-order valence-corrected chi connectivity index (χ4v) is 2.64. The van der Waals surface area contributed by atoms with Gasteiger partial charge < -0.3 is 19.5 Å². The molecule has 0 unspecified atom stereocenters. The number of hydrogen-bond donors (Lipinski definition) is 0. The van der Waals surface area contributed by atoms with Crippen LogP contribution < -0.4 is 61.6 Å². The average molecular weight is 469 g/mol. The Kier molecular flexibility index (Phi) is 33.1. The molecule has 0 N–H and O–H groups in total. The van der Waals surface area contributed by atoms with Crippen LogP contribution in [-0.2, 0) is 0 Å². The van der Waals surface area contributed by atoms with Crippen molar-refractivity contribution in [1.29, 1.82) is 0 Å². The van der Waals surface area contributed by atoms with E-state index in [9.17, 15) is 0 Å². The van der Waals surface area contributed by atoms with E-state index in [1.54, 1.807) is 0 Å².